The van der Waals surface area contributed by atoms with Crippen molar-refractivity contribution in [1.82, 2.24) is 0 Å². The molecule has 0 aliphatic carbocycles. The number of hydrogen-bond donors (Lipinski definition) is 0. The highest BCUT2D eigenvalue weighted by Crippen LogP contribution is 2.28. The van der Waals surface area contributed by atoms with Crippen LogP contribution in [-0.4, -0.2) is 5.78 Å². The first-order chi connectivity index (χ1) is 8.99. The summed E-state index contributed by atoms with van der Waals surface area (Å²) in [5.41, 5.74) is 1.02. The van der Waals surface area contributed by atoms with Crippen molar-refractivity contribution in [1.29, 1.82) is 0 Å². The number of benzene rings is 2. The van der Waals surface area contributed by atoms with E-state index in [0.717, 1.165) is 0 Å². The fraction of sp³-hybridized carbons (Fsp3) is 0.0714. The first-order valence-corrected chi connectivity index (χ1v) is 7.36. The van der Waals surface area contributed by atoms with Crippen LogP contribution in [0.1, 0.15) is 15.9 Å². The van der Waals surface area contributed by atoms with Crippen molar-refractivity contribution in [2.75, 3.05) is 0 Å². The van der Waals surface area contributed by atoms with Crippen LogP contribution in [0.3, 0.4) is 0 Å². The quantitative estimate of drug-likeness (QED) is 0.621. The Hall–Kier alpha value is -0.710. The summed E-state index contributed by atoms with van der Waals surface area (Å²) in [6.45, 7) is 0. The van der Waals surface area contributed by atoms with Gasteiger partial charge in [0.05, 0.1) is 5.02 Å². The molecule has 0 atom stereocenters. The van der Waals surface area contributed by atoms with E-state index in [9.17, 15) is 9.18 Å². The summed E-state index contributed by atoms with van der Waals surface area (Å²) in [4.78, 5) is 12.2. The first-order valence-electron chi connectivity index (χ1n) is 5.40. The van der Waals surface area contributed by atoms with Crippen molar-refractivity contribution < 1.29 is 9.18 Å². The Kier molecular flexibility index (Phi) is 4.76. The normalized spacial score (nSPS) is 10.5. The molecular formula is C14H8Br2ClFO. The third-order valence-electron chi connectivity index (χ3n) is 2.61. The van der Waals surface area contributed by atoms with Gasteiger partial charge in [-0.2, -0.15) is 0 Å². The van der Waals surface area contributed by atoms with Gasteiger partial charge < -0.3 is 0 Å². The van der Waals surface area contributed by atoms with Crippen LogP contribution in [0.2, 0.25) is 5.02 Å². The third-order valence-corrected chi connectivity index (χ3v) is 4.68. The lowest BCUT2D eigenvalue weighted by Crippen LogP contribution is -2.05. The maximum atomic E-state index is 13.2. The fourth-order valence-corrected chi connectivity index (χ4v) is 2.65. The second kappa shape index (κ2) is 6.16. The van der Waals surface area contributed by atoms with E-state index in [4.69, 9.17) is 11.6 Å². The standard InChI is InChI=1S/C14H8Br2ClFO/c15-11-5-4-9(18)6-8(11)7-13(19)10-2-1-3-12(16)14(10)17/h1-6H,7H2. The largest absolute Gasteiger partial charge is 0.294 e. The first kappa shape index (κ1) is 14.7. The van der Waals surface area contributed by atoms with Crippen molar-refractivity contribution in [3.8, 4) is 0 Å². The number of hydrogen-bond acceptors (Lipinski definition) is 1. The minimum absolute atomic E-state index is 0.0918. The molecule has 0 spiro atoms. The van der Waals surface area contributed by atoms with Gasteiger partial charge in [-0.25, -0.2) is 4.39 Å². The second-order valence-electron chi connectivity index (χ2n) is 3.94. The van der Waals surface area contributed by atoms with Crippen molar-refractivity contribution >= 4 is 49.2 Å². The number of carbonyl (C=O) groups is 1. The monoisotopic (exact) mass is 404 g/mol. The number of halogens is 4. The van der Waals surface area contributed by atoms with E-state index >= 15 is 0 Å². The summed E-state index contributed by atoms with van der Waals surface area (Å²) in [6, 6.07) is 9.42. The Morgan fingerprint density at radius 2 is 1.89 bits per heavy atom. The van der Waals surface area contributed by atoms with Crippen molar-refractivity contribution in [3.05, 3.63) is 67.3 Å². The molecule has 2 rings (SSSR count). The lowest BCUT2D eigenvalue weighted by Gasteiger charge is -2.07. The molecule has 0 bridgehead atoms. The SMILES string of the molecule is O=C(Cc1cc(F)ccc1Br)c1cccc(Br)c1Cl. The molecule has 0 aromatic heterocycles. The zero-order chi connectivity index (χ0) is 14.0. The molecule has 0 fully saturated rings. The predicted molar refractivity (Wildman–Crippen MR) is 81.3 cm³/mol. The van der Waals surface area contributed by atoms with Crippen LogP contribution in [0, 0.1) is 5.82 Å². The van der Waals surface area contributed by atoms with Crippen LogP contribution < -0.4 is 0 Å². The van der Waals surface area contributed by atoms with E-state index in [-0.39, 0.29) is 18.0 Å². The second-order valence-corrected chi connectivity index (χ2v) is 6.02. The van der Waals surface area contributed by atoms with E-state index in [1.54, 1.807) is 24.3 Å². The summed E-state index contributed by atoms with van der Waals surface area (Å²) in [5.74, 6) is -0.524. The minimum atomic E-state index is -0.369. The smallest absolute Gasteiger partial charge is 0.168 e. The molecule has 98 valence electrons. The summed E-state index contributed by atoms with van der Waals surface area (Å²) in [6.07, 6.45) is 0.0918. The van der Waals surface area contributed by atoms with Gasteiger partial charge in [0.15, 0.2) is 5.78 Å². The van der Waals surface area contributed by atoms with Crippen LogP contribution in [0.25, 0.3) is 0 Å². The van der Waals surface area contributed by atoms with Crippen molar-refractivity contribution in [2.24, 2.45) is 0 Å². The topological polar surface area (TPSA) is 17.1 Å². The summed E-state index contributed by atoms with van der Waals surface area (Å²) >= 11 is 12.6. The van der Waals surface area contributed by atoms with Gasteiger partial charge in [0.2, 0.25) is 0 Å². The van der Waals surface area contributed by atoms with Gasteiger partial charge in [0, 0.05) is 20.9 Å². The average Bonchev–Trinajstić information content (AvgIpc) is 2.37. The molecule has 0 amide bonds. The highest BCUT2D eigenvalue weighted by Gasteiger charge is 2.14. The Balaban J connectivity index is 2.31. The maximum absolute atomic E-state index is 13.2. The summed E-state index contributed by atoms with van der Waals surface area (Å²) in [7, 11) is 0. The molecule has 0 saturated heterocycles. The lowest BCUT2D eigenvalue weighted by atomic mass is 10.0. The predicted octanol–water partition coefficient (Wildman–Crippen LogP) is 5.43. The molecule has 19 heavy (non-hydrogen) atoms. The number of rotatable bonds is 3. The zero-order valence-electron chi connectivity index (χ0n) is 9.59. The molecular weight excluding hydrogens is 398 g/mol. The van der Waals surface area contributed by atoms with Gasteiger partial charge in [-0.1, -0.05) is 33.6 Å². The Morgan fingerprint density at radius 1 is 1.16 bits per heavy atom. The average molecular weight is 406 g/mol. The number of ketones is 1. The van der Waals surface area contributed by atoms with Crippen LogP contribution in [0.5, 0.6) is 0 Å². The molecule has 2 aromatic carbocycles. The van der Waals surface area contributed by atoms with Gasteiger partial charge in [-0.05, 0) is 51.8 Å². The third kappa shape index (κ3) is 3.44. The van der Waals surface area contributed by atoms with E-state index < -0.39 is 0 Å². The van der Waals surface area contributed by atoms with Crippen LogP contribution >= 0.6 is 43.5 Å². The van der Waals surface area contributed by atoms with E-state index in [1.807, 2.05) is 0 Å². The van der Waals surface area contributed by atoms with Gasteiger partial charge in [-0.3, -0.25) is 4.79 Å². The highest BCUT2D eigenvalue weighted by atomic mass is 79.9. The van der Waals surface area contributed by atoms with Crippen LogP contribution in [0.15, 0.2) is 45.3 Å². The molecule has 0 aliphatic rings. The van der Waals surface area contributed by atoms with Crippen LogP contribution in [-0.2, 0) is 6.42 Å². The minimum Gasteiger partial charge on any atom is -0.294 e. The molecule has 2 aromatic rings. The number of Topliss-reactive ketones (excluding diaryl/α,β-unsaturated/α-hetero) is 1. The zero-order valence-corrected chi connectivity index (χ0v) is 13.5. The van der Waals surface area contributed by atoms with E-state index in [1.165, 1.54) is 12.1 Å². The Labute approximate surface area is 132 Å². The fourth-order valence-electron chi connectivity index (χ4n) is 1.67. The molecule has 1 nitrogen and oxygen atoms in total. The van der Waals surface area contributed by atoms with Gasteiger partial charge >= 0.3 is 0 Å². The maximum Gasteiger partial charge on any atom is 0.168 e. The Morgan fingerprint density at radius 3 is 2.63 bits per heavy atom. The molecule has 0 heterocycles. The Bertz CT molecular complexity index is 643. The van der Waals surface area contributed by atoms with E-state index in [2.05, 4.69) is 31.9 Å². The van der Waals surface area contributed by atoms with Crippen molar-refractivity contribution in [2.45, 2.75) is 6.42 Å². The van der Waals surface area contributed by atoms with Gasteiger partial charge in [0.1, 0.15) is 5.82 Å². The summed E-state index contributed by atoms with van der Waals surface area (Å²) in [5, 5.41) is 0.375. The summed E-state index contributed by atoms with van der Waals surface area (Å²) < 4.78 is 14.5. The molecule has 0 unspecified atom stereocenters. The lowest BCUT2D eigenvalue weighted by molar-refractivity contribution is 0.0993. The molecule has 0 saturated carbocycles. The van der Waals surface area contributed by atoms with Crippen LogP contribution in [0.4, 0.5) is 4.39 Å². The molecule has 5 heteroatoms. The highest BCUT2D eigenvalue weighted by molar-refractivity contribution is 9.10. The molecule has 0 aliphatic heterocycles. The molecule has 0 radical (unpaired) electrons. The van der Waals surface area contributed by atoms with Gasteiger partial charge in [0.25, 0.3) is 0 Å². The van der Waals surface area contributed by atoms with Gasteiger partial charge in [-0.15, -0.1) is 0 Å². The number of carbonyl (C=O) groups excluding carboxylic acids is 1. The molecule has 0 N–H and O–H groups in total. The van der Waals surface area contributed by atoms with Crippen molar-refractivity contribution in [3.63, 3.8) is 0 Å². The van der Waals surface area contributed by atoms with E-state index in [0.29, 0.717) is 25.1 Å².